The molecule has 0 aromatic heterocycles. The van der Waals surface area contributed by atoms with Gasteiger partial charge in [0.25, 0.3) is 0 Å². The smallest absolute Gasteiger partial charge is 0.419 e. The summed E-state index contributed by atoms with van der Waals surface area (Å²) in [5.41, 5.74) is 0. The number of halogens is 1. The number of cyclic esters (lactones) is 1. The van der Waals surface area contributed by atoms with Crippen LogP contribution >= 0.6 is 22.9 Å². The van der Waals surface area contributed by atoms with E-state index in [-0.39, 0.29) is 12.1 Å². The highest BCUT2D eigenvalue weighted by Crippen LogP contribution is 2.15. The van der Waals surface area contributed by atoms with Crippen LogP contribution in [0.4, 0.5) is 4.79 Å². The fourth-order valence-corrected chi connectivity index (χ4v) is 0.799. The molecular weight excluding hydrogens is 221 g/mol. The van der Waals surface area contributed by atoms with Gasteiger partial charge in [0, 0.05) is 0 Å². The molecule has 0 aromatic rings. The van der Waals surface area contributed by atoms with Crippen molar-refractivity contribution in [3.05, 3.63) is 0 Å². The minimum atomic E-state index is -0.224. The number of ether oxygens (including phenoxy) is 1. The first kappa shape index (κ1) is 6.12. The standard InChI is InChI=1S/C4H6INO2/c1-3-2-8-4(7)6(3)5/h3H,2H2,1H3/t3-/m1/s1. The second-order valence-corrected chi connectivity index (χ2v) is 2.78. The van der Waals surface area contributed by atoms with Gasteiger partial charge in [-0.1, -0.05) is 0 Å². The molecule has 0 N–H and O–H groups in total. The highest BCUT2D eigenvalue weighted by atomic mass is 127. The van der Waals surface area contributed by atoms with Gasteiger partial charge >= 0.3 is 6.09 Å². The first-order valence-corrected chi connectivity index (χ1v) is 3.30. The fraction of sp³-hybridized carbons (Fsp3) is 0.750. The van der Waals surface area contributed by atoms with Crippen LogP contribution in [0.25, 0.3) is 0 Å². The van der Waals surface area contributed by atoms with E-state index < -0.39 is 0 Å². The number of nitrogens with zero attached hydrogens (tertiary/aromatic N) is 1. The van der Waals surface area contributed by atoms with Gasteiger partial charge in [-0.25, -0.2) is 7.91 Å². The Morgan fingerprint density at radius 1 is 2.00 bits per heavy atom. The zero-order valence-corrected chi connectivity index (χ0v) is 6.58. The lowest BCUT2D eigenvalue weighted by Crippen LogP contribution is -2.19. The molecule has 0 radical (unpaired) electrons. The molecule has 46 valence electrons. The summed E-state index contributed by atoms with van der Waals surface area (Å²) in [7, 11) is 0. The van der Waals surface area contributed by atoms with E-state index in [9.17, 15) is 4.79 Å². The van der Waals surface area contributed by atoms with Crippen LogP contribution in [0.15, 0.2) is 0 Å². The third kappa shape index (κ3) is 0.888. The predicted octanol–water partition coefficient (Wildman–Crippen LogP) is 1.18. The van der Waals surface area contributed by atoms with Crippen LogP contribution in [0.3, 0.4) is 0 Å². The summed E-state index contributed by atoms with van der Waals surface area (Å²) in [6, 6.07) is 0.239. The van der Waals surface area contributed by atoms with Crippen LogP contribution < -0.4 is 0 Å². The molecule has 1 aliphatic rings. The molecule has 1 heterocycles. The second kappa shape index (κ2) is 2.08. The van der Waals surface area contributed by atoms with Crippen molar-refractivity contribution in [3.63, 3.8) is 0 Å². The maximum Gasteiger partial charge on any atom is 0.419 e. The van der Waals surface area contributed by atoms with Crippen LogP contribution in [0.5, 0.6) is 0 Å². The minimum Gasteiger partial charge on any atom is -0.447 e. The summed E-state index contributed by atoms with van der Waals surface area (Å²) in [5, 5.41) is 0. The number of hydrogen-bond donors (Lipinski definition) is 0. The molecule has 1 saturated heterocycles. The van der Waals surface area contributed by atoms with Gasteiger partial charge in [-0.2, -0.15) is 0 Å². The Labute approximate surface area is 61.5 Å². The third-order valence-corrected chi connectivity index (χ3v) is 2.35. The van der Waals surface area contributed by atoms with Crippen LogP contribution in [0, 0.1) is 0 Å². The summed E-state index contributed by atoms with van der Waals surface area (Å²) in [5.74, 6) is 0. The number of amides is 1. The lowest BCUT2D eigenvalue weighted by molar-refractivity contribution is 0.172. The van der Waals surface area contributed by atoms with Crippen molar-refractivity contribution in [2.45, 2.75) is 13.0 Å². The Morgan fingerprint density at radius 3 is 2.75 bits per heavy atom. The zero-order valence-electron chi connectivity index (χ0n) is 4.43. The Balaban J connectivity index is 2.56. The molecule has 0 saturated carbocycles. The average molecular weight is 227 g/mol. The second-order valence-electron chi connectivity index (χ2n) is 1.74. The molecule has 0 aromatic carbocycles. The number of hydrogen-bond acceptors (Lipinski definition) is 2. The quantitative estimate of drug-likeness (QED) is 0.459. The lowest BCUT2D eigenvalue weighted by Gasteiger charge is -2.04. The molecule has 3 nitrogen and oxygen atoms in total. The minimum absolute atomic E-state index is 0.224. The Kier molecular flexibility index (Phi) is 1.59. The third-order valence-electron chi connectivity index (χ3n) is 1.01. The van der Waals surface area contributed by atoms with E-state index >= 15 is 0 Å². The Morgan fingerprint density at radius 2 is 2.62 bits per heavy atom. The largest absolute Gasteiger partial charge is 0.447 e. The highest BCUT2D eigenvalue weighted by Gasteiger charge is 2.26. The van der Waals surface area contributed by atoms with Gasteiger partial charge in [-0.05, 0) is 6.92 Å². The maximum absolute atomic E-state index is 10.5. The molecule has 0 aliphatic carbocycles. The molecule has 4 heteroatoms. The molecule has 1 amide bonds. The van der Waals surface area contributed by atoms with Gasteiger partial charge in [0.2, 0.25) is 0 Å². The van der Waals surface area contributed by atoms with Crippen molar-refractivity contribution in [1.82, 2.24) is 3.11 Å². The van der Waals surface area contributed by atoms with E-state index in [1.54, 1.807) is 3.11 Å². The Hall–Kier alpha value is 0. The van der Waals surface area contributed by atoms with Crippen molar-refractivity contribution in [2.24, 2.45) is 0 Å². The molecule has 0 unspecified atom stereocenters. The van der Waals surface area contributed by atoms with Crippen LogP contribution in [0.1, 0.15) is 6.92 Å². The van der Waals surface area contributed by atoms with E-state index in [1.807, 2.05) is 29.8 Å². The van der Waals surface area contributed by atoms with Crippen LogP contribution in [-0.2, 0) is 4.74 Å². The molecule has 1 aliphatic heterocycles. The molecule has 0 spiro atoms. The van der Waals surface area contributed by atoms with Crippen molar-refractivity contribution in [1.29, 1.82) is 0 Å². The normalized spacial score (nSPS) is 28.5. The summed E-state index contributed by atoms with van der Waals surface area (Å²) in [6.07, 6.45) is -0.224. The lowest BCUT2D eigenvalue weighted by atomic mass is 10.4. The maximum atomic E-state index is 10.5. The first-order chi connectivity index (χ1) is 3.72. The summed E-state index contributed by atoms with van der Waals surface area (Å²) in [6.45, 7) is 2.47. The van der Waals surface area contributed by atoms with Gasteiger partial charge < -0.3 is 4.74 Å². The van der Waals surface area contributed by atoms with Crippen LogP contribution in [0.2, 0.25) is 0 Å². The Bertz CT molecular complexity index is 117. The molecule has 1 fully saturated rings. The zero-order chi connectivity index (χ0) is 6.15. The van der Waals surface area contributed by atoms with Gasteiger partial charge in [0.15, 0.2) is 0 Å². The molecule has 1 atom stereocenters. The molecule has 1 rings (SSSR count). The molecule has 0 bridgehead atoms. The van der Waals surface area contributed by atoms with Crippen molar-refractivity contribution < 1.29 is 9.53 Å². The number of rotatable bonds is 0. The average Bonchev–Trinajstić information content (AvgIpc) is 1.98. The predicted molar refractivity (Wildman–Crippen MR) is 36.7 cm³/mol. The van der Waals surface area contributed by atoms with E-state index in [2.05, 4.69) is 4.74 Å². The fourth-order valence-electron chi connectivity index (χ4n) is 0.499. The van der Waals surface area contributed by atoms with Crippen molar-refractivity contribution in [3.8, 4) is 0 Å². The van der Waals surface area contributed by atoms with E-state index in [0.717, 1.165) is 0 Å². The van der Waals surface area contributed by atoms with Gasteiger partial charge in [-0.15, -0.1) is 0 Å². The molecule has 8 heavy (non-hydrogen) atoms. The molecular formula is C4H6INO2. The van der Waals surface area contributed by atoms with E-state index in [4.69, 9.17) is 0 Å². The summed E-state index contributed by atoms with van der Waals surface area (Å²) in [4.78, 5) is 10.5. The number of carbonyl (C=O) groups excluding carboxylic acids is 1. The number of carbonyl (C=O) groups is 1. The van der Waals surface area contributed by atoms with E-state index in [0.29, 0.717) is 6.61 Å². The van der Waals surface area contributed by atoms with Crippen molar-refractivity contribution >= 4 is 29.0 Å². The van der Waals surface area contributed by atoms with Crippen LogP contribution in [-0.4, -0.2) is 21.9 Å². The van der Waals surface area contributed by atoms with Gasteiger partial charge in [0.05, 0.1) is 28.9 Å². The van der Waals surface area contributed by atoms with E-state index in [1.165, 1.54) is 0 Å². The first-order valence-electron chi connectivity index (χ1n) is 2.33. The topological polar surface area (TPSA) is 29.5 Å². The highest BCUT2D eigenvalue weighted by molar-refractivity contribution is 14.1. The van der Waals surface area contributed by atoms with Gasteiger partial charge in [0.1, 0.15) is 6.61 Å². The van der Waals surface area contributed by atoms with Crippen molar-refractivity contribution in [2.75, 3.05) is 6.61 Å². The van der Waals surface area contributed by atoms with Gasteiger partial charge in [-0.3, -0.25) is 0 Å². The monoisotopic (exact) mass is 227 g/mol. The summed E-state index contributed by atoms with van der Waals surface area (Å²) >= 11 is 1.94. The summed E-state index contributed by atoms with van der Waals surface area (Å²) < 4.78 is 6.21. The SMILES string of the molecule is C[C@@H]1COC(=O)N1I.